The van der Waals surface area contributed by atoms with Gasteiger partial charge in [0.05, 0.1) is 13.1 Å². The van der Waals surface area contributed by atoms with Crippen molar-refractivity contribution in [2.24, 2.45) is 0 Å². The standard InChI is InChI=1S/C22H23ClN6O3/c23-16-3-1-4-17(12-16)32-10-8-26-22(31)18-14-28(27-21(18)24)13-15-6-7-25-19(11-15)29-9-2-5-20(29)30/h1,3-4,6-7,11-12,14H,2,5,8-10,13H2,(H2,24,27)(H,26,31). The molecule has 4 rings (SSSR count). The van der Waals surface area contributed by atoms with Gasteiger partial charge < -0.3 is 15.8 Å². The maximum Gasteiger partial charge on any atom is 0.256 e. The number of anilines is 2. The van der Waals surface area contributed by atoms with Crippen molar-refractivity contribution in [3.05, 3.63) is 64.9 Å². The molecule has 166 valence electrons. The summed E-state index contributed by atoms with van der Waals surface area (Å²) < 4.78 is 7.16. The molecule has 2 amide bonds. The molecule has 1 saturated heterocycles. The van der Waals surface area contributed by atoms with Gasteiger partial charge in [-0.3, -0.25) is 19.2 Å². The number of carbonyl (C=O) groups excluding carboxylic acids is 2. The maximum absolute atomic E-state index is 12.5. The Morgan fingerprint density at radius 2 is 2.16 bits per heavy atom. The van der Waals surface area contributed by atoms with Gasteiger partial charge >= 0.3 is 0 Å². The highest BCUT2D eigenvalue weighted by Crippen LogP contribution is 2.21. The fourth-order valence-corrected chi connectivity index (χ4v) is 3.64. The van der Waals surface area contributed by atoms with Crippen LogP contribution in [0.2, 0.25) is 5.02 Å². The lowest BCUT2D eigenvalue weighted by atomic mass is 10.2. The number of hydrogen-bond acceptors (Lipinski definition) is 6. The van der Waals surface area contributed by atoms with Gasteiger partial charge in [-0.05, 0) is 42.3 Å². The zero-order chi connectivity index (χ0) is 22.5. The summed E-state index contributed by atoms with van der Waals surface area (Å²) in [7, 11) is 0. The Morgan fingerprint density at radius 3 is 2.94 bits per heavy atom. The number of carbonyl (C=O) groups is 2. The first kappa shape index (κ1) is 21.6. The average molecular weight is 455 g/mol. The van der Waals surface area contributed by atoms with Crippen LogP contribution in [0.15, 0.2) is 48.8 Å². The molecule has 0 atom stereocenters. The van der Waals surface area contributed by atoms with Crippen LogP contribution >= 0.6 is 11.6 Å². The summed E-state index contributed by atoms with van der Waals surface area (Å²) in [6, 6.07) is 10.7. The van der Waals surface area contributed by atoms with Crippen molar-refractivity contribution in [1.82, 2.24) is 20.1 Å². The minimum Gasteiger partial charge on any atom is -0.492 e. The summed E-state index contributed by atoms with van der Waals surface area (Å²) in [5.41, 5.74) is 7.14. The first-order valence-electron chi connectivity index (χ1n) is 10.2. The van der Waals surface area contributed by atoms with Gasteiger partial charge in [-0.1, -0.05) is 17.7 Å². The number of hydrogen-bond donors (Lipinski definition) is 2. The number of pyridine rings is 1. The van der Waals surface area contributed by atoms with E-state index in [9.17, 15) is 9.59 Å². The topological polar surface area (TPSA) is 115 Å². The van der Waals surface area contributed by atoms with Gasteiger partial charge in [-0.15, -0.1) is 0 Å². The number of rotatable bonds is 8. The largest absolute Gasteiger partial charge is 0.492 e. The molecule has 10 heteroatoms. The predicted octanol–water partition coefficient (Wildman–Crippen LogP) is 2.50. The van der Waals surface area contributed by atoms with E-state index < -0.39 is 0 Å². The highest BCUT2D eigenvalue weighted by molar-refractivity contribution is 6.30. The third-order valence-corrected chi connectivity index (χ3v) is 5.23. The normalized spacial score (nSPS) is 13.4. The van der Waals surface area contributed by atoms with Crippen molar-refractivity contribution in [2.75, 3.05) is 30.3 Å². The molecule has 0 aliphatic carbocycles. The fourth-order valence-electron chi connectivity index (χ4n) is 3.46. The molecular weight excluding hydrogens is 432 g/mol. The summed E-state index contributed by atoms with van der Waals surface area (Å²) in [5, 5.41) is 7.59. The van der Waals surface area contributed by atoms with Crippen LogP contribution in [0.3, 0.4) is 0 Å². The van der Waals surface area contributed by atoms with E-state index in [2.05, 4.69) is 15.4 Å². The molecule has 0 unspecified atom stereocenters. The smallest absolute Gasteiger partial charge is 0.256 e. The Kier molecular flexibility index (Phi) is 6.55. The van der Waals surface area contributed by atoms with E-state index in [4.69, 9.17) is 22.1 Å². The highest BCUT2D eigenvalue weighted by Gasteiger charge is 2.23. The third kappa shape index (κ3) is 5.17. The number of benzene rings is 1. The van der Waals surface area contributed by atoms with Gasteiger partial charge in [0.15, 0.2) is 5.82 Å². The Balaban J connectivity index is 1.33. The Hall–Kier alpha value is -3.59. The molecule has 32 heavy (non-hydrogen) atoms. The molecule has 3 heterocycles. The third-order valence-electron chi connectivity index (χ3n) is 4.99. The second-order valence-corrected chi connectivity index (χ2v) is 7.79. The average Bonchev–Trinajstić information content (AvgIpc) is 3.36. The fraction of sp³-hybridized carbons (Fsp3) is 0.273. The molecule has 0 radical (unpaired) electrons. The van der Waals surface area contributed by atoms with E-state index >= 15 is 0 Å². The molecule has 2 aromatic heterocycles. The summed E-state index contributed by atoms with van der Waals surface area (Å²) in [4.78, 5) is 30.4. The molecule has 3 aromatic rings. The highest BCUT2D eigenvalue weighted by atomic mass is 35.5. The van der Waals surface area contributed by atoms with E-state index in [0.29, 0.717) is 42.6 Å². The summed E-state index contributed by atoms with van der Waals surface area (Å²) in [6.07, 6.45) is 4.65. The van der Waals surface area contributed by atoms with E-state index in [1.807, 2.05) is 12.1 Å². The van der Waals surface area contributed by atoms with Gasteiger partial charge in [0.1, 0.15) is 23.7 Å². The van der Waals surface area contributed by atoms with E-state index in [0.717, 1.165) is 12.0 Å². The summed E-state index contributed by atoms with van der Waals surface area (Å²) in [5.74, 6) is 1.15. The Morgan fingerprint density at radius 1 is 1.28 bits per heavy atom. The molecule has 0 saturated carbocycles. The van der Waals surface area contributed by atoms with Gasteiger partial charge in [0.25, 0.3) is 5.91 Å². The van der Waals surface area contributed by atoms with E-state index in [1.165, 1.54) is 0 Å². The minimum atomic E-state index is -0.332. The van der Waals surface area contributed by atoms with Gasteiger partial charge in [-0.25, -0.2) is 4.98 Å². The number of nitrogens with zero attached hydrogens (tertiary/aromatic N) is 4. The van der Waals surface area contributed by atoms with E-state index in [-0.39, 0.29) is 29.8 Å². The van der Waals surface area contributed by atoms with Crippen LogP contribution in [0.5, 0.6) is 5.75 Å². The van der Waals surface area contributed by atoms with Crippen molar-refractivity contribution >= 4 is 35.1 Å². The molecule has 3 N–H and O–H groups in total. The van der Waals surface area contributed by atoms with Crippen molar-refractivity contribution in [3.8, 4) is 5.75 Å². The zero-order valence-electron chi connectivity index (χ0n) is 17.3. The molecule has 1 aliphatic rings. The first-order chi connectivity index (χ1) is 15.5. The predicted molar refractivity (Wildman–Crippen MR) is 121 cm³/mol. The van der Waals surface area contributed by atoms with Gasteiger partial charge in [-0.2, -0.15) is 5.10 Å². The number of nitrogens with two attached hydrogens (primary N) is 1. The lowest BCUT2D eigenvalue weighted by molar-refractivity contribution is -0.117. The number of ether oxygens (including phenoxy) is 1. The maximum atomic E-state index is 12.5. The quantitative estimate of drug-likeness (QED) is 0.505. The van der Waals surface area contributed by atoms with Crippen LogP contribution < -0.4 is 20.7 Å². The Bertz CT molecular complexity index is 1130. The van der Waals surface area contributed by atoms with Gasteiger partial charge in [0, 0.05) is 30.4 Å². The number of nitrogen functional groups attached to an aromatic ring is 1. The van der Waals surface area contributed by atoms with Crippen LogP contribution in [-0.4, -0.2) is 46.3 Å². The molecule has 1 aromatic carbocycles. The van der Waals surface area contributed by atoms with Crippen LogP contribution in [0.4, 0.5) is 11.6 Å². The molecule has 9 nitrogen and oxygen atoms in total. The molecule has 1 aliphatic heterocycles. The lowest BCUT2D eigenvalue weighted by Gasteiger charge is -2.15. The zero-order valence-corrected chi connectivity index (χ0v) is 18.1. The van der Waals surface area contributed by atoms with Crippen LogP contribution in [-0.2, 0) is 11.3 Å². The molecule has 1 fully saturated rings. The lowest BCUT2D eigenvalue weighted by Crippen LogP contribution is -2.28. The van der Waals surface area contributed by atoms with Crippen molar-refractivity contribution in [1.29, 1.82) is 0 Å². The second kappa shape index (κ2) is 9.69. The number of amides is 2. The van der Waals surface area contributed by atoms with E-state index in [1.54, 1.807) is 46.2 Å². The SMILES string of the molecule is Nc1nn(Cc2ccnc(N3CCCC3=O)c2)cc1C(=O)NCCOc1cccc(Cl)c1. The molecular formula is C22H23ClN6O3. The van der Waals surface area contributed by atoms with Gasteiger partial charge in [0.2, 0.25) is 5.91 Å². The van der Waals surface area contributed by atoms with Crippen molar-refractivity contribution in [2.45, 2.75) is 19.4 Å². The molecule has 0 bridgehead atoms. The first-order valence-corrected chi connectivity index (χ1v) is 10.6. The number of nitrogens with one attached hydrogen (secondary N) is 1. The van der Waals surface area contributed by atoms with Crippen LogP contribution in [0, 0.1) is 0 Å². The summed E-state index contributed by atoms with van der Waals surface area (Å²) >= 11 is 5.92. The van der Waals surface area contributed by atoms with Crippen molar-refractivity contribution in [3.63, 3.8) is 0 Å². The monoisotopic (exact) mass is 454 g/mol. The van der Waals surface area contributed by atoms with Crippen LogP contribution in [0.1, 0.15) is 28.8 Å². The number of aromatic nitrogens is 3. The molecule has 0 spiro atoms. The second-order valence-electron chi connectivity index (χ2n) is 7.36. The van der Waals surface area contributed by atoms with Crippen LogP contribution in [0.25, 0.3) is 0 Å². The summed E-state index contributed by atoms with van der Waals surface area (Å²) in [6.45, 7) is 1.66. The minimum absolute atomic E-state index is 0.0799. The Labute approximate surface area is 190 Å². The van der Waals surface area contributed by atoms with Crippen molar-refractivity contribution < 1.29 is 14.3 Å². The number of halogens is 1.